The molecule has 4 heteroatoms. The van der Waals surface area contributed by atoms with E-state index in [9.17, 15) is 0 Å². The number of benzene rings is 1. The van der Waals surface area contributed by atoms with Crippen molar-refractivity contribution in [2.24, 2.45) is 10.9 Å². The van der Waals surface area contributed by atoms with Gasteiger partial charge in [0.05, 0.1) is 0 Å². The molecule has 1 aromatic carbocycles. The number of nitrogens with zero attached hydrogens (tertiary/aromatic N) is 1. The van der Waals surface area contributed by atoms with E-state index in [0.717, 1.165) is 16.7 Å². The second-order valence-electron chi connectivity index (χ2n) is 5.02. The number of hydrogen-bond donors (Lipinski definition) is 1. The van der Waals surface area contributed by atoms with Gasteiger partial charge in [0.1, 0.15) is 18.4 Å². The highest BCUT2D eigenvalue weighted by Gasteiger charge is 2.26. The summed E-state index contributed by atoms with van der Waals surface area (Å²) in [6, 6.07) is 8.83. The Kier molecular flexibility index (Phi) is 3.20. The molecule has 0 spiro atoms. The van der Waals surface area contributed by atoms with Crippen LogP contribution < -0.4 is 10.1 Å². The predicted molar refractivity (Wildman–Crippen MR) is 76.3 cm³/mol. The van der Waals surface area contributed by atoms with E-state index < -0.39 is 0 Å². The number of aliphatic imine (C=N–C) groups is 1. The standard InChI is InChI=1S/C14H18N2OS/c1-9-8-18-14(15-10(9)2)16-12-7-17-13-6-4-3-5-11(12)13/h3-6,9-10,12H,7-8H2,1-2H3,(H,15,16). The summed E-state index contributed by atoms with van der Waals surface area (Å²) in [4.78, 5) is 4.80. The number of amidine groups is 1. The summed E-state index contributed by atoms with van der Waals surface area (Å²) in [5, 5.41) is 4.54. The van der Waals surface area contributed by atoms with Gasteiger partial charge in [-0.05, 0) is 18.9 Å². The molecule has 18 heavy (non-hydrogen) atoms. The minimum absolute atomic E-state index is 0.150. The number of nitrogens with one attached hydrogen (secondary N) is 1. The SMILES string of the molecule is CC1CSC(=NC2COc3ccccc32)NC1C. The van der Waals surface area contributed by atoms with Crippen molar-refractivity contribution >= 4 is 16.9 Å². The Morgan fingerprint density at radius 2 is 2.17 bits per heavy atom. The fourth-order valence-electron chi connectivity index (χ4n) is 2.20. The third-order valence-corrected chi connectivity index (χ3v) is 4.82. The summed E-state index contributed by atoms with van der Waals surface area (Å²) in [5.41, 5.74) is 1.21. The molecular weight excluding hydrogens is 244 g/mol. The number of hydrogen-bond acceptors (Lipinski definition) is 3. The van der Waals surface area contributed by atoms with E-state index in [4.69, 9.17) is 9.73 Å². The van der Waals surface area contributed by atoms with Crippen molar-refractivity contribution in [2.75, 3.05) is 12.4 Å². The highest BCUT2D eigenvalue weighted by molar-refractivity contribution is 8.13. The van der Waals surface area contributed by atoms with Crippen LogP contribution in [0.3, 0.4) is 0 Å². The second kappa shape index (κ2) is 4.84. The minimum Gasteiger partial charge on any atom is -0.491 e. The van der Waals surface area contributed by atoms with Crippen LogP contribution in [0.5, 0.6) is 5.75 Å². The van der Waals surface area contributed by atoms with Crippen molar-refractivity contribution in [3.8, 4) is 5.75 Å². The van der Waals surface area contributed by atoms with Crippen LogP contribution in [-0.4, -0.2) is 23.6 Å². The van der Waals surface area contributed by atoms with E-state index in [-0.39, 0.29) is 6.04 Å². The van der Waals surface area contributed by atoms with E-state index in [1.165, 1.54) is 5.56 Å². The molecular formula is C14H18N2OS. The molecule has 3 unspecified atom stereocenters. The van der Waals surface area contributed by atoms with E-state index in [2.05, 4.69) is 25.2 Å². The first-order valence-electron chi connectivity index (χ1n) is 6.43. The number of fused-ring (bicyclic) bond motifs is 1. The Morgan fingerprint density at radius 1 is 1.33 bits per heavy atom. The first kappa shape index (κ1) is 11.9. The van der Waals surface area contributed by atoms with E-state index in [1.54, 1.807) is 0 Å². The van der Waals surface area contributed by atoms with Gasteiger partial charge in [0, 0.05) is 17.4 Å². The lowest BCUT2D eigenvalue weighted by Crippen LogP contribution is -2.41. The van der Waals surface area contributed by atoms with Crippen LogP contribution in [-0.2, 0) is 0 Å². The van der Waals surface area contributed by atoms with Gasteiger partial charge in [-0.1, -0.05) is 36.9 Å². The Hall–Kier alpha value is -1.16. The summed E-state index contributed by atoms with van der Waals surface area (Å²) in [6.45, 7) is 5.16. The molecule has 1 saturated heterocycles. The lowest BCUT2D eigenvalue weighted by atomic mass is 10.1. The largest absolute Gasteiger partial charge is 0.491 e. The molecule has 0 aliphatic carbocycles. The normalized spacial score (nSPS) is 32.8. The Bertz CT molecular complexity index is 475. The molecule has 0 saturated carbocycles. The maximum Gasteiger partial charge on any atom is 0.157 e. The molecule has 96 valence electrons. The highest BCUT2D eigenvalue weighted by atomic mass is 32.2. The summed E-state index contributed by atoms with van der Waals surface area (Å²) < 4.78 is 5.66. The fourth-order valence-corrected chi connectivity index (χ4v) is 3.38. The summed E-state index contributed by atoms with van der Waals surface area (Å²) in [6.07, 6.45) is 0. The average molecular weight is 262 g/mol. The lowest BCUT2D eigenvalue weighted by Gasteiger charge is -2.28. The number of para-hydroxylation sites is 1. The first-order valence-corrected chi connectivity index (χ1v) is 7.41. The maximum atomic E-state index is 5.66. The van der Waals surface area contributed by atoms with Gasteiger partial charge in [-0.2, -0.15) is 0 Å². The van der Waals surface area contributed by atoms with Gasteiger partial charge in [-0.15, -0.1) is 0 Å². The lowest BCUT2D eigenvalue weighted by molar-refractivity contribution is 0.333. The van der Waals surface area contributed by atoms with E-state index in [1.807, 2.05) is 30.0 Å². The molecule has 2 aliphatic heterocycles. The topological polar surface area (TPSA) is 33.6 Å². The monoisotopic (exact) mass is 262 g/mol. The van der Waals surface area contributed by atoms with Crippen LogP contribution in [0.2, 0.25) is 0 Å². The third kappa shape index (κ3) is 2.21. The quantitative estimate of drug-likeness (QED) is 0.845. The Morgan fingerprint density at radius 3 is 3.00 bits per heavy atom. The van der Waals surface area contributed by atoms with Crippen LogP contribution in [0.25, 0.3) is 0 Å². The molecule has 0 bridgehead atoms. The third-order valence-electron chi connectivity index (χ3n) is 3.64. The number of thioether (sulfide) groups is 1. The van der Waals surface area contributed by atoms with Crippen molar-refractivity contribution in [3.05, 3.63) is 29.8 Å². The molecule has 2 aliphatic rings. The number of ether oxygens (including phenoxy) is 1. The molecule has 0 aromatic heterocycles. The zero-order valence-electron chi connectivity index (χ0n) is 10.7. The van der Waals surface area contributed by atoms with Gasteiger partial charge >= 0.3 is 0 Å². The smallest absolute Gasteiger partial charge is 0.157 e. The van der Waals surface area contributed by atoms with Gasteiger partial charge < -0.3 is 10.1 Å². The summed E-state index contributed by atoms with van der Waals surface area (Å²) in [7, 11) is 0. The average Bonchev–Trinajstić information content (AvgIpc) is 2.78. The van der Waals surface area contributed by atoms with Crippen LogP contribution in [0.4, 0.5) is 0 Å². The molecule has 0 amide bonds. The zero-order chi connectivity index (χ0) is 12.5. The maximum absolute atomic E-state index is 5.66. The summed E-state index contributed by atoms with van der Waals surface area (Å²) in [5.74, 6) is 2.82. The van der Waals surface area contributed by atoms with Gasteiger partial charge in [-0.25, -0.2) is 0 Å². The molecule has 2 heterocycles. The molecule has 1 aromatic rings. The molecule has 1 fully saturated rings. The zero-order valence-corrected chi connectivity index (χ0v) is 11.5. The van der Waals surface area contributed by atoms with Crippen LogP contribution in [0.15, 0.2) is 29.3 Å². The van der Waals surface area contributed by atoms with Crippen molar-refractivity contribution < 1.29 is 4.74 Å². The molecule has 3 nitrogen and oxygen atoms in total. The highest BCUT2D eigenvalue weighted by Crippen LogP contribution is 2.35. The fraction of sp³-hybridized carbons (Fsp3) is 0.500. The van der Waals surface area contributed by atoms with Crippen molar-refractivity contribution in [3.63, 3.8) is 0 Å². The van der Waals surface area contributed by atoms with Gasteiger partial charge in [0.2, 0.25) is 0 Å². The van der Waals surface area contributed by atoms with Crippen molar-refractivity contribution in [2.45, 2.75) is 25.9 Å². The predicted octanol–water partition coefficient (Wildman–Crippen LogP) is 2.84. The van der Waals surface area contributed by atoms with Crippen LogP contribution >= 0.6 is 11.8 Å². The minimum atomic E-state index is 0.150. The molecule has 3 atom stereocenters. The molecule has 1 N–H and O–H groups in total. The van der Waals surface area contributed by atoms with Crippen LogP contribution in [0.1, 0.15) is 25.5 Å². The van der Waals surface area contributed by atoms with Crippen LogP contribution in [0, 0.1) is 5.92 Å². The van der Waals surface area contributed by atoms with E-state index >= 15 is 0 Å². The summed E-state index contributed by atoms with van der Waals surface area (Å²) >= 11 is 1.82. The van der Waals surface area contributed by atoms with Crippen molar-refractivity contribution in [1.29, 1.82) is 0 Å². The molecule has 3 rings (SSSR count). The van der Waals surface area contributed by atoms with Crippen molar-refractivity contribution in [1.82, 2.24) is 5.32 Å². The Labute approximate surface area is 112 Å². The Balaban J connectivity index is 1.78. The van der Waals surface area contributed by atoms with E-state index in [0.29, 0.717) is 18.6 Å². The van der Waals surface area contributed by atoms with Gasteiger partial charge in [0.25, 0.3) is 0 Å². The first-order chi connectivity index (χ1) is 8.74. The number of rotatable bonds is 1. The second-order valence-corrected chi connectivity index (χ2v) is 6.03. The van der Waals surface area contributed by atoms with Gasteiger partial charge in [-0.3, -0.25) is 4.99 Å². The van der Waals surface area contributed by atoms with Gasteiger partial charge in [0.15, 0.2) is 5.17 Å². The molecule has 0 radical (unpaired) electrons.